The monoisotopic (exact) mass is 173 g/mol. The normalized spacial score (nSPS) is 16.5. The molecule has 0 amide bonds. The number of aliphatic hydroxyl groups is 1. The fourth-order valence-corrected chi connectivity index (χ4v) is 1.52. The van der Waals surface area contributed by atoms with Crippen LogP contribution in [0.15, 0.2) is 0 Å². The molecular weight excluding hydrogens is 150 g/mol. The van der Waals surface area contributed by atoms with Crippen LogP contribution in [0.5, 0.6) is 0 Å². The highest BCUT2D eigenvalue weighted by Gasteiger charge is 2.26. The first-order chi connectivity index (χ1) is 5.64. The zero-order chi connectivity index (χ0) is 9.61. The molecule has 0 aliphatic rings. The second kappa shape index (κ2) is 5.55. The lowest BCUT2D eigenvalue weighted by atomic mass is 9.97. The summed E-state index contributed by atoms with van der Waals surface area (Å²) >= 11 is 0. The van der Waals surface area contributed by atoms with Crippen molar-refractivity contribution < 1.29 is 5.11 Å². The van der Waals surface area contributed by atoms with Crippen molar-refractivity contribution in [2.45, 2.75) is 46.1 Å². The Kier molecular flexibility index (Phi) is 5.51. The number of hydrogen-bond donors (Lipinski definition) is 1. The molecule has 0 fully saturated rings. The van der Waals surface area contributed by atoms with Crippen LogP contribution in [0, 0.1) is 0 Å². The molecule has 0 spiro atoms. The van der Waals surface area contributed by atoms with Crippen LogP contribution in [0.3, 0.4) is 0 Å². The minimum absolute atomic E-state index is 0.00917. The van der Waals surface area contributed by atoms with Crippen LogP contribution in [0.25, 0.3) is 0 Å². The quantitative estimate of drug-likeness (QED) is 0.663. The summed E-state index contributed by atoms with van der Waals surface area (Å²) in [6, 6.07) is 0. The highest BCUT2D eigenvalue weighted by molar-refractivity contribution is 4.83. The van der Waals surface area contributed by atoms with Crippen molar-refractivity contribution in [2.24, 2.45) is 0 Å². The third kappa shape index (κ3) is 2.76. The van der Waals surface area contributed by atoms with E-state index in [1.807, 2.05) is 0 Å². The lowest BCUT2D eigenvalue weighted by molar-refractivity contribution is 0.0437. The van der Waals surface area contributed by atoms with E-state index in [0.717, 1.165) is 25.9 Å². The molecule has 0 rings (SSSR count). The largest absolute Gasteiger partial charge is 0.394 e. The van der Waals surface area contributed by atoms with Crippen LogP contribution in [0.1, 0.15) is 40.5 Å². The molecule has 0 aliphatic heterocycles. The minimum Gasteiger partial charge on any atom is -0.394 e. The van der Waals surface area contributed by atoms with Gasteiger partial charge in [-0.05, 0) is 32.9 Å². The van der Waals surface area contributed by atoms with Crippen LogP contribution in [-0.2, 0) is 0 Å². The molecule has 0 saturated carbocycles. The Morgan fingerprint density at radius 3 is 2.08 bits per heavy atom. The van der Waals surface area contributed by atoms with Gasteiger partial charge in [0.25, 0.3) is 0 Å². The molecule has 0 aliphatic carbocycles. The summed E-state index contributed by atoms with van der Waals surface area (Å²) in [5, 5.41) is 9.27. The summed E-state index contributed by atoms with van der Waals surface area (Å²) in [4.78, 5) is 2.35. The zero-order valence-corrected chi connectivity index (χ0v) is 8.93. The van der Waals surface area contributed by atoms with Gasteiger partial charge in [0, 0.05) is 5.54 Å². The van der Waals surface area contributed by atoms with Crippen LogP contribution >= 0.6 is 0 Å². The van der Waals surface area contributed by atoms with Gasteiger partial charge in [0.2, 0.25) is 0 Å². The molecule has 1 atom stereocenters. The van der Waals surface area contributed by atoms with E-state index in [0.29, 0.717) is 0 Å². The zero-order valence-electron chi connectivity index (χ0n) is 8.93. The molecule has 1 unspecified atom stereocenters. The van der Waals surface area contributed by atoms with Gasteiger partial charge in [-0.25, -0.2) is 0 Å². The van der Waals surface area contributed by atoms with E-state index < -0.39 is 0 Å². The van der Waals surface area contributed by atoms with E-state index in [4.69, 9.17) is 0 Å². The van der Waals surface area contributed by atoms with E-state index in [1.165, 1.54) is 0 Å². The first-order valence-electron chi connectivity index (χ1n) is 5.00. The Morgan fingerprint density at radius 2 is 1.83 bits per heavy atom. The molecule has 2 nitrogen and oxygen atoms in total. The molecule has 74 valence electrons. The Hall–Kier alpha value is -0.0800. The van der Waals surface area contributed by atoms with Gasteiger partial charge in [0.1, 0.15) is 0 Å². The average Bonchev–Trinajstić information content (AvgIpc) is 2.13. The minimum atomic E-state index is -0.00917. The fraction of sp³-hybridized carbons (Fsp3) is 1.00. The maximum atomic E-state index is 9.27. The van der Waals surface area contributed by atoms with Gasteiger partial charge >= 0.3 is 0 Å². The molecule has 0 aromatic rings. The maximum Gasteiger partial charge on any atom is 0.0612 e. The first-order valence-corrected chi connectivity index (χ1v) is 5.00. The molecule has 1 N–H and O–H groups in total. The van der Waals surface area contributed by atoms with Crippen molar-refractivity contribution in [2.75, 3.05) is 19.7 Å². The Labute approximate surface area is 76.6 Å². The molecule has 12 heavy (non-hydrogen) atoms. The van der Waals surface area contributed by atoms with Crippen molar-refractivity contribution in [3.8, 4) is 0 Å². The van der Waals surface area contributed by atoms with Crippen LogP contribution in [0.2, 0.25) is 0 Å². The summed E-state index contributed by atoms with van der Waals surface area (Å²) in [5.74, 6) is 0. The topological polar surface area (TPSA) is 23.5 Å². The van der Waals surface area contributed by atoms with Gasteiger partial charge in [-0.1, -0.05) is 20.8 Å². The van der Waals surface area contributed by atoms with E-state index in [9.17, 15) is 5.11 Å². The van der Waals surface area contributed by atoms with Gasteiger partial charge in [0.05, 0.1) is 6.61 Å². The Morgan fingerprint density at radius 1 is 1.25 bits per heavy atom. The summed E-state index contributed by atoms with van der Waals surface area (Å²) in [5.41, 5.74) is -0.00917. The van der Waals surface area contributed by atoms with Crippen LogP contribution in [0.4, 0.5) is 0 Å². The summed E-state index contributed by atoms with van der Waals surface area (Å²) in [6.07, 6.45) is 2.17. The van der Waals surface area contributed by atoms with Gasteiger partial charge in [0.15, 0.2) is 0 Å². The highest BCUT2D eigenvalue weighted by Crippen LogP contribution is 2.18. The maximum absolute atomic E-state index is 9.27. The van der Waals surface area contributed by atoms with Gasteiger partial charge in [-0.15, -0.1) is 0 Å². The SMILES string of the molecule is CCCN(CC)C(C)(CC)CO. The number of likely N-dealkylation sites (N-methyl/N-ethyl adjacent to an activating group) is 1. The van der Waals surface area contributed by atoms with Crippen molar-refractivity contribution in [3.63, 3.8) is 0 Å². The highest BCUT2D eigenvalue weighted by atomic mass is 16.3. The Balaban J connectivity index is 4.21. The summed E-state index contributed by atoms with van der Waals surface area (Å²) < 4.78 is 0. The lowest BCUT2D eigenvalue weighted by Crippen LogP contribution is -2.49. The molecule has 0 aromatic carbocycles. The molecular formula is C10H23NO. The molecule has 0 radical (unpaired) electrons. The third-order valence-corrected chi connectivity index (χ3v) is 2.74. The van der Waals surface area contributed by atoms with Crippen molar-refractivity contribution in [1.29, 1.82) is 0 Å². The molecule has 0 bridgehead atoms. The molecule has 0 saturated heterocycles. The van der Waals surface area contributed by atoms with E-state index in [2.05, 4.69) is 32.6 Å². The summed E-state index contributed by atoms with van der Waals surface area (Å²) in [6.45, 7) is 11.0. The van der Waals surface area contributed by atoms with E-state index in [-0.39, 0.29) is 12.1 Å². The van der Waals surface area contributed by atoms with Crippen molar-refractivity contribution >= 4 is 0 Å². The van der Waals surface area contributed by atoms with Crippen molar-refractivity contribution in [1.82, 2.24) is 4.90 Å². The van der Waals surface area contributed by atoms with Gasteiger partial charge in [-0.2, -0.15) is 0 Å². The smallest absolute Gasteiger partial charge is 0.0612 e. The predicted molar refractivity (Wildman–Crippen MR) is 53.3 cm³/mol. The van der Waals surface area contributed by atoms with Crippen molar-refractivity contribution in [3.05, 3.63) is 0 Å². The second-order valence-electron chi connectivity index (χ2n) is 3.59. The first kappa shape index (κ1) is 11.9. The summed E-state index contributed by atoms with van der Waals surface area (Å²) in [7, 11) is 0. The number of hydrogen-bond acceptors (Lipinski definition) is 2. The van der Waals surface area contributed by atoms with Gasteiger partial charge in [-0.3, -0.25) is 4.90 Å². The predicted octanol–water partition coefficient (Wildman–Crippen LogP) is 1.88. The third-order valence-electron chi connectivity index (χ3n) is 2.74. The molecule has 0 aromatic heterocycles. The standard InChI is InChI=1S/C10H23NO/c1-5-8-11(7-3)10(4,6-2)9-12/h12H,5-9H2,1-4H3. The lowest BCUT2D eigenvalue weighted by Gasteiger charge is -2.38. The fourth-order valence-electron chi connectivity index (χ4n) is 1.52. The molecule has 2 heteroatoms. The average molecular weight is 173 g/mol. The van der Waals surface area contributed by atoms with Gasteiger partial charge < -0.3 is 5.11 Å². The number of aliphatic hydroxyl groups excluding tert-OH is 1. The van der Waals surface area contributed by atoms with E-state index in [1.54, 1.807) is 0 Å². The van der Waals surface area contributed by atoms with Crippen LogP contribution in [-0.4, -0.2) is 35.2 Å². The van der Waals surface area contributed by atoms with E-state index >= 15 is 0 Å². The number of nitrogens with zero attached hydrogens (tertiary/aromatic N) is 1. The Bertz CT molecular complexity index is 110. The second-order valence-corrected chi connectivity index (χ2v) is 3.59. The molecule has 0 heterocycles. The van der Waals surface area contributed by atoms with Crippen LogP contribution < -0.4 is 0 Å². The number of rotatable bonds is 6.